The van der Waals surface area contributed by atoms with Gasteiger partial charge in [0.1, 0.15) is 0 Å². The number of thioether (sulfide) groups is 1. The molecule has 2 aromatic rings. The molecule has 0 saturated heterocycles. The van der Waals surface area contributed by atoms with Crippen molar-refractivity contribution in [2.24, 2.45) is 0 Å². The van der Waals surface area contributed by atoms with Gasteiger partial charge in [-0.3, -0.25) is 0 Å². The van der Waals surface area contributed by atoms with Gasteiger partial charge in [0, 0.05) is 34.2 Å². The van der Waals surface area contributed by atoms with Gasteiger partial charge in [-0.25, -0.2) is 0 Å². The zero-order chi connectivity index (χ0) is 13.9. The molecule has 1 nitrogen and oxygen atoms in total. The van der Waals surface area contributed by atoms with Crippen molar-refractivity contribution in [1.82, 2.24) is 5.32 Å². The molecule has 0 aliphatic carbocycles. The molecule has 20 heavy (non-hydrogen) atoms. The molecular weight excluding hydrogens is 286 g/mol. The lowest BCUT2D eigenvalue weighted by atomic mass is 10.0. The van der Waals surface area contributed by atoms with Crippen molar-refractivity contribution >= 4 is 23.4 Å². The maximum Gasteiger partial charge on any atom is 0.0453 e. The van der Waals surface area contributed by atoms with Crippen molar-refractivity contribution in [3.63, 3.8) is 0 Å². The number of rotatable bonds is 4. The van der Waals surface area contributed by atoms with Crippen LogP contribution in [0.5, 0.6) is 0 Å². The first-order valence-corrected chi connectivity index (χ1v) is 8.31. The van der Waals surface area contributed by atoms with Gasteiger partial charge < -0.3 is 5.32 Å². The van der Waals surface area contributed by atoms with Crippen LogP contribution in [0.1, 0.15) is 30.0 Å². The second-order valence-corrected chi connectivity index (χ2v) is 6.67. The van der Waals surface area contributed by atoms with Gasteiger partial charge in [-0.2, -0.15) is 0 Å². The Bertz CT molecular complexity index is 599. The largest absolute Gasteiger partial charge is 0.310 e. The van der Waals surface area contributed by atoms with Crippen molar-refractivity contribution in [3.8, 4) is 0 Å². The SMILES string of the molecule is C[C@@H](NCC1CSc2ccccc21)c1ccccc1Cl. The van der Waals surface area contributed by atoms with Crippen LogP contribution in [0.2, 0.25) is 5.02 Å². The third kappa shape index (κ3) is 2.88. The Morgan fingerprint density at radius 3 is 2.80 bits per heavy atom. The third-order valence-corrected chi connectivity index (χ3v) is 5.44. The monoisotopic (exact) mass is 303 g/mol. The maximum absolute atomic E-state index is 6.25. The summed E-state index contributed by atoms with van der Waals surface area (Å²) in [4.78, 5) is 1.43. The van der Waals surface area contributed by atoms with Crippen LogP contribution in [-0.2, 0) is 0 Å². The van der Waals surface area contributed by atoms with Gasteiger partial charge in [-0.15, -0.1) is 11.8 Å². The second kappa shape index (κ2) is 6.21. The van der Waals surface area contributed by atoms with E-state index in [-0.39, 0.29) is 6.04 Å². The fourth-order valence-electron chi connectivity index (χ4n) is 2.65. The number of hydrogen-bond donors (Lipinski definition) is 1. The van der Waals surface area contributed by atoms with E-state index in [1.165, 1.54) is 21.8 Å². The molecule has 0 spiro atoms. The van der Waals surface area contributed by atoms with Crippen LogP contribution in [0.4, 0.5) is 0 Å². The molecule has 1 heterocycles. The summed E-state index contributed by atoms with van der Waals surface area (Å²) in [7, 11) is 0. The van der Waals surface area contributed by atoms with Crippen LogP contribution in [0.15, 0.2) is 53.4 Å². The van der Waals surface area contributed by atoms with Crippen molar-refractivity contribution in [3.05, 3.63) is 64.7 Å². The lowest BCUT2D eigenvalue weighted by Crippen LogP contribution is -2.25. The quantitative estimate of drug-likeness (QED) is 0.864. The van der Waals surface area contributed by atoms with Gasteiger partial charge in [0.25, 0.3) is 0 Å². The zero-order valence-corrected chi connectivity index (χ0v) is 13.0. The normalized spacial score (nSPS) is 18.8. The smallest absolute Gasteiger partial charge is 0.0453 e. The van der Waals surface area contributed by atoms with Crippen molar-refractivity contribution in [1.29, 1.82) is 0 Å². The number of halogens is 1. The van der Waals surface area contributed by atoms with E-state index in [9.17, 15) is 0 Å². The molecule has 0 aromatic heterocycles. The van der Waals surface area contributed by atoms with Gasteiger partial charge in [-0.05, 0) is 30.2 Å². The van der Waals surface area contributed by atoms with Gasteiger partial charge in [0.2, 0.25) is 0 Å². The number of fused-ring (bicyclic) bond motifs is 1. The first-order valence-electron chi connectivity index (χ1n) is 6.95. The highest BCUT2D eigenvalue weighted by Crippen LogP contribution is 2.39. The average Bonchev–Trinajstić information content (AvgIpc) is 2.88. The lowest BCUT2D eigenvalue weighted by molar-refractivity contribution is 0.541. The molecule has 3 rings (SSSR count). The standard InChI is InChI=1S/C17H18ClNS/c1-12(14-6-2-4-8-16(14)18)19-10-13-11-20-17-9-5-3-7-15(13)17/h2-9,12-13,19H,10-11H2,1H3/t12-,13?/m1/s1. The molecule has 1 aliphatic heterocycles. The molecule has 3 heteroatoms. The first-order chi connectivity index (χ1) is 9.75. The van der Waals surface area contributed by atoms with E-state index in [0.29, 0.717) is 5.92 Å². The minimum atomic E-state index is 0.279. The van der Waals surface area contributed by atoms with Crippen LogP contribution in [0, 0.1) is 0 Å². The molecule has 1 unspecified atom stereocenters. The molecule has 0 saturated carbocycles. The van der Waals surface area contributed by atoms with E-state index in [1.807, 2.05) is 30.0 Å². The van der Waals surface area contributed by atoms with Crippen LogP contribution in [0.3, 0.4) is 0 Å². The average molecular weight is 304 g/mol. The summed E-state index contributed by atoms with van der Waals surface area (Å²) in [6.45, 7) is 3.17. The third-order valence-electron chi connectivity index (χ3n) is 3.84. The van der Waals surface area contributed by atoms with Crippen LogP contribution >= 0.6 is 23.4 Å². The van der Waals surface area contributed by atoms with E-state index in [2.05, 4.69) is 42.6 Å². The molecule has 0 bridgehead atoms. The molecule has 104 valence electrons. The van der Waals surface area contributed by atoms with Crippen molar-refractivity contribution in [2.75, 3.05) is 12.3 Å². The van der Waals surface area contributed by atoms with Crippen LogP contribution in [0.25, 0.3) is 0 Å². The predicted molar refractivity (Wildman–Crippen MR) is 87.8 cm³/mol. The first kappa shape index (κ1) is 14.0. The summed E-state index contributed by atoms with van der Waals surface area (Å²) in [5.74, 6) is 1.77. The highest BCUT2D eigenvalue weighted by Gasteiger charge is 2.23. The minimum Gasteiger partial charge on any atom is -0.310 e. The molecular formula is C17H18ClNS. The predicted octanol–water partition coefficient (Wildman–Crippen LogP) is 4.88. The number of benzene rings is 2. The van der Waals surface area contributed by atoms with E-state index >= 15 is 0 Å². The van der Waals surface area contributed by atoms with Gasteiger partial charge >= 0.3 is 0 Å². The fraction of sp³-hybridized carbons (Fsp3) is 0.294. The summed E-state index contributed by atoms with van der Waals surface area (Å²) >= 11 is 8.21. The highest BCUT2D eigenvalue weighted by molar-refractivity contribution is 7.99. The molecule has 0 radical (unpaired) electrons. The van der Waals surface area contributed by atoms with Gasteiger partial charge in [-0.1, -0.05) is 48.0 Å². The van der Waals surface area contributed by atoms with Crippen molar-refractivity contribution < 1.29 is 0 Å². The minimum absolute atomic E-state index is 0.279. The molecule has 0 fully saturated rings. The van der Waals surface area contributed by atoms with E-state index in [1.54, 1.807) is 0 Å². The zero-order valence-electron chi connectivity index (χ0n) is 11.5. The topological polar surface area (TPSA) is 12.0 Å². The Kier molecular flexibility index (Phi) is 4.35. The maximum atomic E-state index is 6.25. The van der Waals surface area contributed by atoms with E-state index < -0.39 is 0 Å². The highest BCUT2D eigenvalue weighted by atomic mass is 35.5. The Morgan fingerprint density at radius 1 is 1.20 bits per heavy atom. The number of nitrogens with one attached hydrogen (secondary N) is 1. The van der Waals surface area contributed by atoms with Crippen LogP contribution < -0.4 is 5.32 Å². The van der Waals surface area contributed by atoms with Crippen molar-refractivity contribution in [2.45, 2.75) is 23.8 Å². The summed E-state index contributed by atoms with van der Waals surface area (Å²) < 4.78 is 0. The fourth-order valence-corrected chi connectivity index (χ4v) is 4.21. The summed E-state index contributed by atoms with van der Waals surface area (Å²) in [6.07, 6.45) is 0. The second-order valence-electron chi connectivity index (χ2n) is 5.20. The molecule has 0 amide bonds. The Balaban J connectivity index is 1.65. The van der Waals surface area contributed by atoms with Gasteiger partial charge in [0.05, 0.1) is 0 Å². The van der Waals surface area contributed by atoms with Crippen LogP contribution in [-0.4, -0.2) is 12.3 Å². The summed E-state index contributed by atoms with van der Waals surface area (Å²) in [5, 5.41) is 4.47. The molecule has 2 aromatic carbocycles. The summed E-state index contributed by atoms with van der Waals surface area (Å²) in [6, 6.07) is 17.1. The lowest BCUT2D eigenvalue weighted by Gasteiger charge is -2.19. The van der Waals surface area contributed by atoms with Gasteiger partial charge in [0.15, 0.2) is 0 Å². The summed E-state index contributed by atoms with van der Waals surface area (Å²) in [5.41, 5.74) is 2.66. The van der Waals surface area contributed by atoms with E-state index in [4.69, 9.17) is 11.6 Å². The number of hydrogen-bond acceptors (Lipinski definition) is 2. The Hall–Kier alpha value is -0.960. The molecule has 2 atom stereocenters. The Morgan fingerprint density at radius 2 is 1.95 bits per heavy atom. The molecule has 1 N–H and O–H groups in total. The van der Waals surface area contributed by atoms with E-state index in [0.717, 1.165) is 11.6 Å². The molecule has 1 aliphatic rings. The Labute approximate surface area is 129 Å².